The third kappa shape index (κ3) is 1.60. The number of rotatable bonds is 0. The van der Waals surface area contributed by atoms with Crippen molar-refractivity contribution in [2.75, 3.05) is 13.2 Å². The molecule has 46 valence electrons. The summed E-state index contributed by atoms with van der Waals surface area (Å²) in [4.78, 5) is 2.01. The van der Waals surface area contributed by atoms with E-state index in [1.165, 1.54) is 5.57 Å². The normalized spacial score (nSPS) is 20.9. The summed E-state index contributed by atoms with van der Waals surface area (Å²) in [6.07, 6.45) is 2.20. The molecule has 0 amide bonds. The molecule has 1 aliphatic rings. The fourth-order valence-corrected chi connectivity index (χ4v) is 1.20. The highest BCUT2D eigenvalue weighted by molar-refractivity contribution is 9.11. The quantitative estimate of drug-likeness (QED) is 0.550. The third-order valence-electron chi connectivity index (χ3n) is 1.29. The molecule has 0 saturated carbocycles. The summed E-state index contributed by atoms with van der Waals surface area (Å²) in [7, 11) is 0. The molecule has 1 saturated heterocycles. The lowest BCUT2D eigenvalue weighted by Gasteiger charge is -2.12. The van der Waals surface area contributed by atoms with Crippen LogP contribution in [0.1, 0.15) is 12.8 Å². The molecule has 0 aromatic carbocycles. The Morgan fingerprint density at radius 2 is 2.00 bits per heavy atom. The molecule has 1 nitrogen and oxygen atoms in total. The van der Waals surface area contributed by atoms with E-state index in [1.807, 2.05) is 4.99 Å². The fraction of sp³-hybridized carbons (Fsp3) is 0.667. The van der Waals surface area contributed by atoms with Crippen molar-refractivity contribution in [2.24, 2.45) is 0 Å². The molecule has 2 heteroatoms. The number of ether oxygens (including phenoxy) is 1. The van der Waals surface area contributed by atoms with E-state index in [4.69, 9.17) is 4.74 Å². The molecule has 0 aromatic rings. The van der Waals surface area contributed by atoms with Crippen molar-refractivity contribution in [1.29, 1.82) is 0 Å². The van der Waals surface area contributed by atoms with Crippen LogP contribution < -0.4 is 0 Å². The molecule has 1 rings (SSSR count). The van der Waals surface area contributed by atoms with Crippen LogP contribution in [0.2, 0.25) is 0 Å². The smallest absolute Gasteiger partial charge is 0.0503 e. The first-order valence-electron chi connectivity index (χ1n) is 2.79. The Labute approximate surface area is 57.8 Å². The van der Waals surface area contributed by atoms with Gasteiger partial charge in [-0.3, -0.25) is 0 Å². The van der Waals surface area contributed by atoms with Gasteiger partial charge in [0.25, 0.3) is 0 Å². The molecule has 1 fully saturated rings. The Hall–Kier alpha value is 0.180. The largest absolute Gasteiger partial charge is 0.381 e. The van der Waals surface area contributed by atoms with Crippen molar-refractivity contribution < 1.29 is 4.74 Å². The van der Waals surface area contributed by atoms with Crippen molar-refractivity contribution in [2.45, 2.75) is 12.8 Å². The molecular formula is C6H9BrO. The van der Waals surface area contributed by atoms with Gasteiger partial charge in [0.15, 0.2) is 0 Å². The van der Waals surface area contributed by atoms with Gasteiger partial charge in [0.05, 0.1) is 13.2 Å². The summed E-state index contributed by atoms with van der Waals surface area (Å²) in [5.74, 6) is 0. The van der Waals surface area contributed by atoms with E-state index in [1.54, 1.807) is 0 Å². The summed E-state index contributed by atoms with van der Waals surface area (Å²) >= 11 is 3.29. The first-order valence-corrected chi connectivity index (χ1v) is 3.71. The van der Waals surface area contributed by atoms with Crippen molar-refractivity contribution in [3.05, 3.63) is 10.6 Å². The minimum Gasteiger partial charge on any atom is -0.381 e. The van der Waals surface area contributed by atoms with Crippen molar-refractivity contribution in [3.8, 4) is 0 Å². The highest BCUT2D eigenvalue weighted by Gasteiger charge is 2.02. The van der Waals surface area contributed by atoms with Crippen LogP contribution >= 0.6 is 15.9 Å². The highest BCUT2D eigenvalue weighted by atomic mass is 79.9. The van der Waals surface area contributed by atoms with Crippen molar-refractivity contribution >= 4 is 15.9 Å². The molecular weight excluding hydrogens is 168 g/mol. The average Bonchev–Trinajstić information content (AvgIpc) is 1.90. The van der Waals surface area contributed by atoms with Gasteiger partial charge in [-0.1, -0.05) is 21.5 Å². The molecule has 0 spiro atoms. The number of hydrogen-bond donors (Lipinski definition) is 0. The SMILES string of the molecule is BrC=C1CCOCC1. The predicted octanol–water partition coefficient (Wildman–Crippen LogP) is 2.08. The zero-order chi connectivity index (χ0) is 5.82. The minimum absolute atomic E-state index is 0.900. The molecule has 0 unspecified atom stereocenters. The first kappa shape index (κ1) is 6.30. The van der Waals surface area contributed by atoms with E-state index in [9.17, 15) is 0 Å². The van der Waals surface area contributed by atoms with Crippen LogP contribution in [0, 0.1) is 0 Å². The molecule has 0 atom stereocenters. The van der Waals surface area contributed by atoms with Gasteiger partial charge in [0.1, 0.15) is 0 Å². The van der Waals surface area contributed by atoms with Gasteiger partial charge < -0.3 is 4.74 Å². The van der Waals surface area contributed by atoms with Crippen molar-refractivity contribution in [1.82, 2.24) is 0 Å². The zero-order valence-electron chi connectivity index (χ0n) is 4.69. The summed E-state index contributed by atoms with van der Waals surface area (Å²) in [6.45, 7) is 1.80. The molecule has 0 N–H and O–H groups in total. The molecule has 8 heavy (non-hydrogen) atoms. The van der Waals surface area contributed by atoms with E-state index in [0.29, 0.717) is 0 Å². The lowest BCUT2D eigenvalue weighted by Crippen LogP contribution is -2.06. The monoisotopic (exact) mass is 176 g/mol. The van der Waals surface area contributed by atoms with Crippen molar-refractivity contribution in [3.63, 3.8) is 0 Å². The van der Waals surface area contributed by atoms with Gasteiger partial charge in [0, 0.05) is 0 Å². The van der Waals surface area contributed by atoms with E-state index < -0.39 is 0 Å². The van der Waals surface area contributed by atoms with Crippen LogP contribution in [0.3, 0.4) is 0 Å². The van der Waals surface area contributed by atoms with Gasteiger partial charge in [0.2, 0.25) is 0 Å². The van der Waals surface area contributed by atoms with E-state index in [-0.39, 0.29) is 0 Å². The van der Waals surface area contributed by atoms with Crippen LogP contribution in [0.25, 0.3) is 0 Å². The first-order chi connectivity index (χ1) is 3.93. The Morgan fingerprint density at radius 3 is 2.38 bits per heavy atom. The number of halogens is 1. The Bertz CT molecular complexity index is 90.7. The second-order valence-corrected chi connectivity index (χ2v) is 2.34. The fourth-order valence-electron chi connectivity index (χ4n) is 0.743. The summed E-state index contributed by atoms with van der Waals surface area (Å²) in [6, 6.07) is 0. The topological polar surface area (TPSA) is 9.23 Å². The molecule has 0 aliphatic carbocycles. The molecule has 0 aromatic heterocycles. The maximum atomic E-state index is 5.14. The Kier molecular flexibility index (Phi) is 2.56. The maximum absolute atomic E-state index is 5.14. The van der Waals surface area contributed by atoms with Crippen LogP contribution in [0.5, 0.6) is 0 Å². The van der Waals surface area contributed by atoms with Crippen LogP contribution in [0.4, 0.5) is 0 Å². The standard InChI is InChI=1S/C6H9BrO/c7-5-6-1-3-8-4-2-6/h5H,1-4H2. The Morgan fingerprint density at radius 1 is 1.38 bits per heavy atom. The van der Waals surface area contributed by atoms with Crippen LogP contribution in [-0.2, 0) is 4.74 Å². The lowest BCUT2D eigenvalue weighted by molar-refractivity contribution is 0.119. The van der Waals surface area contributed by atoms with Crippen LogP contribution in [-0.4, -0.2) is 13.2 Å². The van der Waals surface area contributed by atoms with E-state index in [0.717, 1.165) is 26.1 Å². The van der Waals surface area contributed by atoms with Gasteiger partial charge in [-0.2, -0.15) is 0 Å². The molecule has 1 heterocycles. The molecule has 0 bridgehead atoms. The second-order valence-electron chi connectivity index (χ2n) is 1.88. The Balaban J connectivity index is 2.33. The predicted molar refractivity (Wildman–Crippen MR) is 37.1 cm³/mol. The van der Waals surface area contributed by atoms with Crippen LogP contribution in [0.15, 0.2) is 10.6 Å². The number of hydrogen-bond acceptors (Lipinski definition) is 1. The molecule has 1 aliphatic heterocycles. The maximum Gasteiger partial charge on any atom is 0.0503 e. The van der Waals surface area contributed by atoms with E-state index >= 15 is 0 Å². The third-order valence-corrected chi connectivity index (χ3v) is 1.94. The average molecular weight is 177 g/mol. The lowest BCUT2D eigenvalue weighted by atomic mass is 10.1. The van der Waals surface area contributed by atoms with E-state index in [2.05, 4.69) is 15.9 Å². The van der Waals surface area contributed by atoms with Gasteiger partial charge >= 0.3 is 0 Å². The molecule has 0 radical (unpaired) electrons. The summed E-state index contributed by atoms with van der Waals surface area (Å²) < 4.78 is 5.14. The zero-order valence-corrected chi connectivity index (χ0v) is 6.28. The van der Waals surface area contributed by atoms with Gasteiger partial charge in [-0.05, 0) is 17.8 Å². The summed E-state index contributed by atoms with van der Waals surface area (Å²) in [5, 5.41) is 0. The highest BCUT2D eigenvalue weighted by Crippen LogP contribution is 2.13. The van der Waals surface area contributed by atoms with Gasteiger partial charge in [-0.25, -0.2) is 0 Å². The second kappa shape index (κ2) is 3.25. The minimum atomic E-state index is 0.900. The van der Waals surface area contributed by atoms with Gasteiger partial charge in [-0.15, -0.1) is 0 Å². The summed E-state index contributed by atoms with van der Waals surface area (Å²) in [5.41, 5.74) is 1.47.